The lowest BCUT2D eigenvalue weighted by Gasteiger charge is -2.14. The van der Waals surface area contributed by atoms with Crippen LogP contribution in [0.3, 0.4) is 0 Å². The molecule has 0 saturated carbocycles. The first kappa shape index (κ1) is 24.0. The highest BCUT2D eigenvalue weighted by Gasteiger charge is 2.07. The molecule has 6 nitrogen and oxygen atoms in total. The third-order valence-corrected chi connectivity index (χ3v) is 3.75. The first-order chi connectivity index (χ1) is 13.2. The number of hydrogen-bond donors (Lipinski definition) is 2. The molecule has 0 bridgehead atoms. The van der Waals surface area contributed by atoms with Crippen LogP contribution >= 0.6 is 24.0 Å². The predicted molar refractivity (Wildman–Crippen MR) is 125 cm³/mol. The van der Waals surface area contributed by atoms with E-state index in [9.17, 15) is 0 Å². The van der Waals surface area contributed by atoms with Gasteiger partial charge in [-0.1, -0.05) is 24.3 Å². The first-order valence-electron chi connectivity index (χ1n) is 9.28. The maximum absolute atomic E-state index is 6.06. The summed E-state index contributed by atoms with van der Waals surface area (Å²) in [6.07, 6.45) is 0. The number of benzene rings is 2. The van der Waals surface area contributed by atoms with E-state index in [1.807, 2.05) is 63.2 Å². The number of aliphatic imine (C=N–C) groups is 1. The van der Waals surface area contributed by atoms with E-state index >= 15 is 0 Å². The van der Waals surface area contributed by atoms with Gasteiger partial charge in [0.05, 0.1) is 32.1 Å². The molecule has 0 aliphatic rings. The van der Waals surface area contributed by atoms with Crippen LogP contribution in [-0.4, -0.2) is 25.8 Å². The van der Waals surface area contributed by atoms with Crippen LogP contribution in [0, 0.1) is 0 Å². The summed E-state index contributed by atoms with van der Waals surface area (Å²) in [5.74, 6) is 1.78. The fraction of sp³-hybridized carbons (Fsp3) is 0.381. The molecule has 0 aliphatic carbocycles. The van der Waals surface area contributed by atoms with E-state index in [0.717, 1.165) is 22.6 Å². The van der Waals surface area contributed by atoms with Crippen molar-refractivity contribution in [2.24, 2.45) is 10.7 Å². The molecule has 0 unspecified atom stereocenters. The molecule has 7 heteroatoms. The monoisotopic (exact) mass is 499 g/mol. The maximum atomic E-state index is 6.06. The van der Waals surface area contributed by atoms with Crippen molar-refractivity contribution in [3.05, 3.63) is 53.6 Å². The molecular weight excluding hydrogens is 469 g/mol. The summed E-state index contributed by atoms with van der Waals surface area (Å²) in [6, 6.07) is 13.8. The second kappa shape index (κ2) is 13.2. The fourth-order valence-corrected chi connectivity index (χ4v) is 2.46. The normalized spacial score (nSPS) is 10.9. The van der Waals surface area contributed by atoms with Crippen LogP contribution < -0.4 is 20.5 Å². The zero-order chi connectivity index (χ0) is 19.5. The van der Waals surface area contributed by atoms with Crippen molar-refractivity contribution in [2.45, 2.75) is 33.9 Å². The highest BCUT2D eigenvalue weighted by molar-refractivity contribution is 14.0. The Kier molecular flexibility index (Phi) is 11.4. The van der Waals surface area contributed by atoms with Crippen molar-refractivity contribution in [2.75, 3.05) is 25.1 Å². The lowest BCUT2D eigenvalue weighted by molar-refractivity contribution is 0.134. The molecule has 2 rings (SSSR count). The van der Waals surface area contributed by atoms with E-state index in [4.69, 9.17) is 19.9 Å². The maximum Gasteiger partial charge on any atom is 0.193 e. The summed E-state index contributed by atoms with van der Waals surface area (Å²) >= 11 is 0. The minimum atomic E-state index is 0. The lowest BCUT2D eigenvalue weighted by atomic mass is 10.1. The van der Waals surface area contributed by atoms with Gasteiger partial charge in [0, 0.05) is 12.7 Å². The number of nitrogens with zero attached hydrogens (tertiary/aromatic N) is 1. The van der Waals surface area contributed by atoms with Gasteiger partial charge in [0.1, 0.15) is 11.5 Å². The van der Waals surface area contributed by atoms with Gasteiger partial charge in [-0.15, -0.1) is 24.0 Å². The van der Waals surface area contributed by atoms with Crippen molar-refractivity contribution in [3.63, 3.8) is 0 Å². The summed E-state index contributed by atoms with van der Waals surface area (Å²) in [5, 5.41) is 3.11. The third-order valence-electron chi connectivity index (χ3n) is 3.75. The van der Waals surface area contributed by atoms with Crippen LogP contribution in [0.2, 0.25) is 0 Å². The number of anilines is 1. The molecule has 0 saturated heterocycles. The van der Waals surface area contributed by atoms with E-state index in [2.05, 4.69) is 10.3 Å². The highest BCUT2D eigenvalue weighted by Crippen LogP contribution is 2.29. The van der Waals surface area contributed by atoms with Crippen LogP contribution in [0.25, 0.3) is 0 Å². The second-order valence-electron chi connectivity index (χ2n) is 5.80. The Morgan fingerprint density at radius 1 is 0.929 bits per heavy atom. The molecule has 0 atom stereocenters. The Balaban J connectivity index is 0.00000392. The number of hydrogen-bond acceptors (Lipinski definition) is 4. The van der Waals surface area contributed by atoms with Gasteiger partial charge in [-0.05, 0) is 44.0 Å². The topological polar surface area (TPSA) is 78.1 Å². The van der Waals surface area contributed by atoms with Gasteiger partial charge in [-0.3, -0.25) is 0 Å². The second-order valence-corrected chi connectivity index (χ2v) is 5.80. The average Bonchev–Trinajstić information content (AvgIpc) is 2.68. The predicted octanol–water partition coefficient (Wildman–Crippen LogP) is 4.57. The number of nitrogens with two attached hydrogens (primary N) is 1. The molecule has 0 aromatic heterocycles. The van der Waals surface area contributed by atoms with Gasteiger partial charge in [-0.2, -0.15) is 0 Å². The number of rotatable bonds is 10. The first-order valence-corrected chi connectivity index (χ1v) is 9.28. The molecule has 2 aromatic rings. The molecule has 0 fully saturated rings. The summed E-state index contributed by atoms with van der Waals surface area (Å²) in [4.78, 5) is 4.41. The Labute approximate surface area is 184 Å². The summed E-state index contributed by atoms with van der Waals surface area (Å²) < 4.78 is 16.6. The SMILES string of the molecule is CCOCc1ccc(CN=C(N)Nc2cc(OCC)ccc2OCC)cc1.I. The molecule has 0 radical (unpaired) electrons. The summed E-state index contributed by atoms with van der Waals surface area (Å²) in [6.45, 7) is 8.85. The van der Waals surface area contributed by atoms with Gasteiger partial charge >= 0.3 is 0 Å². The van der Waals surface area contributed by atoms with Crippen molar-refractivity contribution < 1.29 is 14.2 Å². The van der Waals surface area contributed by atoms with Crippen LogP contribution in [0.1, 0.15) is 31.9 Å². The number of guanidine groups is 1. The number of halogens is 1. The summed E-state index contributed by atoms with van der Waals surface area (Å²) in [5.41, 5.74) is 9.01. The van der Waals surface area contributed by atoms with Crippen LogP contribution in [0.5, 0.6) is 11.5 Å². The van der Waals surface area contributed by atoms with Crippen molar-refractivity contribution in [3.8, 4) is 11.5 Å². The van der Waals surface area contributed by atoms with Crippen LogP contribution in [0.15, 0.2) is 47.5 Å². The van der Waals surface area contributed by atoms with Gasteiger partial charge in [-0.25, -0.2) is 4.99 Å². The van der Waals surface area contributed by atoms with E-state index in [1.54, 1.807) is 0 Å². The van der Waals surface area contributed by atoms with E-state index in [-0.39, 0.29) is 24.0 Å². The quantitative estimate of drug-likeness (QED) is 0.285. The van der Waals surface area contributed by atoms with Gasteiger partial charge in [0.15, 0.2) is 5.96 Å². The van der Waals surface area contributed by atoms with Crippen molar-refractivity contribution in [1.29, 1.82) is 0 Å². The smallest absolute Gasteiger partial charge is 0.193 e. The minimum Gasteiger partial charge on any atom is -0.494 e. The fourth-order valence-electron chi connectivity index (χ4n) is 2.46. The van der Waals surface area contributed by atoms with Crippen molar-refractivity contribution >= 4 is 35.6 Å². The number of ether oxygens (including phenoxy) is 3. The van der Waals surface area contributed by atoms with Gasteiger partial charge < -0.3 is 25.3 Å². The van der Waals surface area contributed by atoms with Crippen molar-refractivity contribution in [1.82, 2.24) is 0 Å². The molecular formula is C21H30IN3O3. The molecule has 28 heavy (non-hydrogen) atoms. The highest BCUT2D eigenvalue weighted by atomic mass is 127. The molecule has 154 valence electrons. The third kappa shape index (κ3) is 7.93. The standard InChI is InChI=1S/C21H29N3O3.HI/c1-4-25-15-17-9-7-16(8-10-17)14-23-21(22)24-19-13-18(26-5-2)11-12-20(19)27-6-3;/h7-13H,4-6,14-15H2,1-3H3,(H3,22,23,24);1H. The lowest BCUT2D eigenvalue weighted by Crippen LogP contribution is -2.23. The Hall–Kier alpha value is -2.00. The molecule has 0 amide bonds. The molecule has 2 aromatic carbocycles. The molecule has 0 heterocycles. The molecule has 0 aliphatic heterocycles. The Bertz CT molecular complexity index is 736. The molecule has 3 N–H and O–H groups in total. The number of nitrogens with one attached hydrogen (secondary N) is 1. The Morgan fingerprint density at radius 3 is 2.25 bits per heavy atom. The average molecular weight is 499 g/mol. The van der Waals surface area contributed by atoms with Crippen LogP contribution in [-0.2, 0) is 17.9 Å². The van der Waals surface area contributed by atoms with E-state index in [1.165, 1.54) is 0 Å². The van der Waals surface area contributed by atoms with Gasteiger partial charge in [0.2, 0.25) is 0 Å². The zero-order valence-electron chi connectivity index (χ0n) is 16.7. The largest absolute Gasteiger partial charge is 0.494 e. The minimum absolute atomic E-state index is 0. The Morgan fingerprint density at radius 2 is 1.61 bits per heavy atom. The van der Waals surface area contributed by atoms with Crippen LogP contribution in [0.4, 0.5) is 5.69 Å². The van der Waals surface area contributed by atoms with E-state index in [0.29, 0.717) is 44.7 Å². The molecule has 0 spiro atoms. The van der Waals surface area contributed by atoms with Gasteiger partial charge in [0.25, 0.3) is 0 Å². The van der Waals surface area contributed by atoms with E-state index < -0.39 is 0 Å². The summed E-state index contributed by atoms with van der Waals surface area (Å²) in [7, 11) is 0. The zero-order valence-corrected chi connectivity index (χ0v) is 19.1.